The Balaban J connectivity index is 1.69. The Labute approximate surface area is 183 Å². The summed E-state index contributed by atoms with van der Waals surface area (Å²) < 4.78 is 57.9. The van der Waals surface area contributed by atoms with Crippen molar-refractivity contribution in [2.45, 2.75) is 12.8 Å². The highest BCUT2D eigenvalue weighted by Crippen LogP contribution is 2.29. The minimum absolute atomic E-state index is 0.172. The van der Waals surface area contributed by atoms with E-state index >= 15 is 0 Å². The zero-order valence-corrected chi connectivity index (χ0v) is 17.4. The first-order valence-corrected chi connectivity index (χ1v) is 9.69. The number of amides is 1. The average Bonchev–Trinajstić information content (AvgIpc) is 2.74. The van der Waals surface area contributed by atoms with Crippen molar-refractivity contribution < 1.29 is 27.1 Å². The first-order valence-electron chi connectivity index (χ1n) is 8.90. The van der Waals surface area contributed by atoms with Crippen molar-refractivity contribution in [1.29, 1.82) is 0 Å². The molecule has 0 aliphatic rings. The second kappa shape index (κ2) is 9.74. The molecule has 0 atom stereocenters. The molecule has 3 aromatic carbocycles. The van der Waals surface area contributed by atoms with Crippen LogP contribution < -0.4 is 10.2 Å². The Bertz CT molecular complexity index is 1100. The Morgan fingerprint density at radius 2 is 1.81 bits per heavy atom. The lowest BCUT2D eigenvalue weighted by Gasteiger charge is -2.10. The van der Waals surface area contributed by atoms with E-state index < -0.39 is 17.6 Å². The first kappa shape index (κ1) is 22.5. The average molecular weight is 495 g/mol. The van der Waals surface area contributed by atoms with E-state index in [9.17, 15) is 22.4 Å². The molecule has 0 aliphatic carbocycles. The fourth-order valence-electron chi connectivity index (χ4n) is 2.56. The summed E-state index contributed by atoms with van der Waals surface area (Å²) in [7, 11) is 0. The van der Waals surface area contributed by atoms with Crippen LogP contribution in [0.15, 0.2) is 76.3 Å². The van der Waals surface area contributed by atoms with Crippen molar-refractivity contribution in [1.82, 2.24) is 5.43 Å². The summed E-state index contributed by atoms with van der Waals surface area (Å²) >= 11 is 3.33. The molecular weight excluding hydrogens is 480 g/mol. The topological polar surface area (TPSA) is 50.7 Å². The zero-order chi connectivity index (χ0) is 22.4. The SMILES string of the molecule is O=C(N/N=C\c1cc(Br)ccc1OCc1ccc(F)cc1)c1cccc(C(F)(F)F)c1. The minimum atomic E-state index is -4.55. The van der Waals surface area contributed by atoms with Crippen LogP contribution in [0.25, 0.3) is 0 Å². The largest absolute Gasteiger partial charge is 0.488 e. The molecule has 4 nitrogen and oxygen atoms in total. The van der Waals surface area contributed by atoms with Gasteiger partial charge >= 0.3 is 6.18 Å². The standard InChI is InChI=1S/C22H15BrF4N2O2/c23-18-6-9-20(31-13-14-4-7-19(24)8-5-14)16(11-18)12-28-29-21(30)15-2-1-3-17(10-15)22(25,26)27/h1-12H,13H2,(H,29,30)/b28-12-. The number of rotatable bonds is 6. The molecule has 0 fully saturated rings. The molecule has 0 unspecified atom stereocenters. The molecule has 3 rings (SSSR count). The third kappa shape index (κ3) is 6.39. The molecule has 0 spiro atoms. The number of nitrogens with one attached hydrogen (secondary N) is 1. The summed E-state index contributed by atoms with van der Waals surface area (Å²) in [6, 6.07) is 15.0. The number of ether oxygens (including phenoxy) is 1. The molecule has 0 aromatic heterocycles. The third-order valence-corrected chi connectivity index (χ3v) is 4.59. The zero-order valence-electron chi connectivity index (χ0n) is 15.8. The second-order valence-corrected chi connectivity index (χ2v) is 7.29. The van der Waals surface area contributed by atoms with Gasteiger partial charge in [0, 0.05) is 15.6 Å². The fourth-order valence-corrected chi connectivity index (χ4v) is 2.93. The quantitative estimate of drug-likeness (QED) is 0.261. The molecule has 0 radical (unpaired) electrons. The maximum absolute atomic E-state index is 13.0. The molecule has 0 heterocycles. The van der Waals surface area contributed by atoms with Gasteiger partial charge in [-0.15, -0.1) is 0 Å². The molecule has 3 aromatic rings. The van der Waals surface area contributed by atoms with Gasteiger partial charge < -0.3 is 4.74 Å². The van der Waals surface area contributed by atoms with Gasteiger partial charge in [-0.05, 0) is 54.1 Å². The number of hydrogen-bond donors (Lipinski definition) is 1. The Morgan fingerprint density at radius 3 is 2.52 bits per heavy atom. The number of halogens is 5. The maximum atomic E-state index is 13.0. The molecule has 1 N–H and O–H groups in total. The van der Waals surface area contributed by atoms with Crippen LogP contribution in [0.1, 0.15) is 27.0 Å². The minimum Gasteiger partial charge on any atom is -0.488 e. The Hall–Kier alpha value is -3.20. The predicted molar refractivity (Wildman–Crippen MR) is 111 cm³/mol. The van der Waals surface area contributed by atoms with Crippen molar-refractivity contribution in [2.24, 2.45) is 5.10 Å². The van der Waals surface area contributed by atoms with Gasteiger partial charge in [0.15, 0.2) is 0 Å². The van der Waals surface area contributed by atoms with Crippen LogP contribution in [-0.4, -0.2) is 12.1 Å². The highest BCUT2D eigenvalue weighted by Gasteiger charge is 2.30. The molecular formula is C22H15BrF4N2O2. The summed E-state index contributed by atoms with van der Waals surface area (Å²) in [5.41, 5.74) is 2.38. The van der Waals surface area contributed by atoms with Crippen molar-refractivity contribution in [3.63, 3.8) is 0 Å². The van der Waals surface area contributed by atoms with Gasteiger partial charge in [-0.1, -0.05) is 34.1 Å². The van der Waals surface area contributed by atoms with E-state index in [4.69, 9.17) is 4.74 Å². The van der Waals surface area contributed by atoms with Gasteiger partial charge in [-0.2, -0.15) is 18.3 Å². The van der Waals surface area contributed by atoms with E-state index in [2.05, 4.69) is 26.5 Å². The number of nitrogens with zero attached hydrogens (tertiary/aromatic N) is 1. The Morgan fingerprint density at radius 1 is 1.06 bits per heavy atom. The number of hydrogen-bond acceptors (Lipinski definition) is 3. The van der Waals surface area contributed by atoms with E-state index in [1.54, 1.807) is 30.3 Å². The van der Waals surface area contributed by atoms with Gasteiger partial charge in [0.1, 0.15) is 18.2 Å². The van der Waals surface area contributed by atoms with Crippen molar-refractivity contribution >= 4 is 28.1 Å². The van der Waals surface area contributed by atoms with Crippen LogP contribution in [0, 0.1) is 5.82 Å². The first-order chi connectivity index (χ1) is 14.7. The van der Waals surface area contributed by atoms with Crippen LogP contribution >= 0.6 is 15.9 Å². The molecule has 1 amide bonds. The van der Waals surface area contributed by atoms with E-state index in [1.807, 2.05) is 0 Å². The molecule has 0 saturated carbocycles. The molecule has 31 heavy (non-hydrogen) atoms. The molecule has 9 heteroatoms. The molecule has 0 bridgehead atoms. The van der Waals surface area contributed by atoms with E-state index in [0.717, 1.165) is 28.2 Å². The summed E-state index contributed by atoms with van der Waals surface area (Å²) in [6.45, 7) is 0.180. The monoisotopic (exact) mass is 494 g/mol. The summed E-state index contributed by atoms with van der Waals surface area (Å²) in [5.74, 6) is -0.688. The van der Waals surface area contributed by atoms with Gasteiger partial charge in [0.25, 0.3) is 5.91 Å². The van der Waals surface area contributed by atoms with Crippen LogP contribution in [0.5, 0.6) is 5.75 Å². The maximum Gasteiger partial charge on any atom is 0.416 e. The molecule has 160 valence electrons. The number of alkyl halides is 3. The summed E-state index contributed by atoms with van der Waals surface area (Å²) in [4.78, 5) is 12.1. The second-order valence-electron chi connectivity index (χ2n) is 6.37. The lowest BCUT2D eigenvalue weighted by molar-refractivity contribution is -0.137. The number of hydrazone groups is 1. The smallest absolute Gasteiger partial charge is 0.416 e. The van der Waals surface area contributed by atoms with Gasteiger partial charge in [-0.25, -0.2) is 9.82 Å². The highest BCUT2D eigenvalue weighted by molar-refractivity contribution is 9.10. The van der Waals surface area contributed by atoms with E-state index in [0.29, 0.717) is 11.3 Å². The van der Waals surface area contributed by atoms with Crippen LogP contribution in [0.4, 0.5) is 17.6 Å². The van der Waals surface area contributed by atoms with Gasteiger partial charge in [0.05, 0.1) is 11.8 Å². The van der Waals surface area contributed by atoms with Gasteiger partial charge in [0.2, 0.25) is 0 Å². The van der Waals surface area contributed by atoms with Crippen LogP contribution in [0.2, 0.25) is 0 Å². The van der Waals surface area contributed by atoms with Crippen LogP contribution in [-0.2, 0) is 12.8 Å². The van der Waals surface area contributed by atoms with Crippen molar-refractivity contribution in [3.8, 4) is 5.75 Å². The van der Waals surface area contributed by atoms with Crippen LogP contribution in [0.3, 0.4) is 0 Å². The number of carbonyl (C=O) groups is 1. The van der Waals surface area contributed by atoms with E-state index in [-0.39, 0.29) is 18.0 Å². The van der Waals surface area contributed by atoms with Gasteiger partial charge in [-0.3, -0.25) is 4.79 Å². The normalized spacial score (nSPS) is 11.5. The number of benzene rings is 3. The lowest BCUT2D eigenvalue weighted by Crippen LogP contribution is -2.18. The predicted octanol–water partition coefficient (Wildman–Crippen LogP) is 5.95. The summed E-state index contributed by atoms with van der Waals surface area (Å²) in [6.07, 6.45) is -3.23. The third-order valence-electron chi connectivity index (χ3n) is 4.10. The highest BCUT2D eigenvalue weighted by atomic mass is 79.9. The van der Waals surface area contributed by atoms with Crippen molar-refractivity contribution in [2.75, 3.05) is 0 Å². The molecule has 0 aliphatic heterocycles. The van der Waals surface area contributed by atoms with E-state index in [1.165, 1.54) is 24.4 Å². The summed E-state index contributed by atoms with van der Waals surface area (Å²) in [5, 5.41) is 3.82. The van der Waals surface area contributed by atoms with Crippen molar-refractivity contribution in [3.05, 3.63) is 99.3 Å². The Kier molecular flexibility index (Phi) is 7.06. The fraction of sp³-hybridized carbons (Fsp3) is 0.0909. The lowest BCUT2D eigenvalue weighted by atomic mass is 10.1. The number of carbonyl (C=O) groups excluding carboxylic acids is 1. The molecule has 0 saturated heterocycles.